The van der Waals surface area contributed by atoms with Crippen molar-refractivity contribution in [2.45, 2.75) is 25.3 Å². The monoisotopic (exact) mass is 459 g/mol. The molecule has 1 atom stereocenters. The molecule has 3 N–H and O–H groups in total. The Kier molecular flexibility index (Phi) is 7.39. The maximum Gasteiger partial charge on any atom is 0.275 e. The van der Waals surface area contributed by atoms with Crippen molar-refractivity contribution in [3.63, 3.8) is 0 Å². The lowest BCUT2D eigenvalue weighted by Crippen LogP contribution is -2.26. The number of hydrogen-bond acceptors (Lipinski definition) is 7. The van der Waals surface area contributed by atoms with E-state index >= 15 is 0 Å². The first-order valence-corrected chi connectivity index (χ1v) is 11.3. The number of fused-ring (bicyclic) bond motifs is 1. The Hall–Kier alpha value is -3.91. The Morgan fingerprint density at radius 1 is 1.29 bits per heavy atom. The second-order valence-corrected chi connectivity index (χ2v) is 8.16. The van der Waals surface area contributed by atoms with Crippen molar-refractivity contribution in [3.05, 3.63) is 84.3 Å². The van der Waals surface area contributed by atoms with Crippen molar-refractivity contribution in [2.75, 3.05) is 20.2 Å². The number of hydrogen-bond donors (Lipinski definition) is 2. The van der Waals surface area contributed by atoms with E-state index in [-0.39, 0.29) is 23.4 Å². The molecule has 0 radical (unpaired) electrons. The molecule has 2 aromatic carbocycles. The van der Waals surface area contributed by atoms with E-state index in [1.165, 1.54) is 19.1 Å². The maximum atomic E-state index is 12.8. The molecule has 4 rings (SSSR count). The van der Waals surface area contributed by atoms with Crippen LogP contribution in [0.3, 0.4) is 0 Å². The van der Waals surface area contributed by atoms with Crippen LogP contribution in [-0.4, -0.2) is 53.1 Å². The summed E-state index contributed by atoms with van der Waals surface area (Å²) in [7, 11) is 2.13. The zero-order valence-corrected chi connectivity index (χ0v) is 19.2. The zero-order chi connectivity index (χ0) is 23.9. The lowest BCUT2D eigenvalue weighted by molar-refractivity contribution is 0.103. The molecular formula is C26H29N5O3. The number of aliphatic imine (C=N–C) groups is 1. The molecule has 34 heavy (non-hydrogen) atoms. The van der Waals surface area contributed by atoms with Crippen molar-refractivity contribution in [3.8, 4) is 5.75 Å². The highest BCUT2D eigenvalue weighted by atomic mass is 16.5. The highest BCUT2D eigenvalue weighted by Crippen LogP contribution is 2.21. The number of nitrogens with one attached hydrogen (secondary N) is 1. The third-order valence-electron chi connectivity index (χ3n) is 5.82. The lowest BCUT2D eigenvalue weighted by atomic mass is 10.1. The van der Waals surface area contributed by atoms with Gasteiger partial charge in [-0.3, -0.25) is 4.79 Å². The normalized spacial score (nSPS) is 17.1. The maximum absolute atomic E-state index is 12.8. The number of rotatable bonds is 10. The molecule has 8 heteroatoms. The van der Waals surface area contributed by atoms with Gasteiger partial charge in [0.15, 0.2) is 5.82 Å². The summed E-state index contributed by atoms with van der Waals surface area (Å²) in [6.45, 7) is 5.23. The van der Waals surface area contributed by atoms with E-state index < -0.39 is 0 Å². The van der Waals surface area contributed by atoms with Crippen LogP contribution in [0.2, 0.25) is 0 Å². The average molecular weight is 460 g/mol. The number of nitrogens with two attached hydrogens (primary N) is 1. The van der Waals surface area contributed by atoms with Crippen LogP contribution in [0.5, 0.6) is 5.75 Å². The number of aromatic amines is 1. The van der Waals surface area contributed by atoms with E-state index in [2.05, 4.69) is 33.5 Å². The number of carbonyl (C=O) groups excluding carboxylic acids is 1. The van der Waals surface area contributed by atoms with Gasteiger partial charge in [-0.2, -0.15) is 0 Å². The number of para-hydroxylation sites is 2. The third kappa shape index (κ3) is 5.52. The summed E-state index contributed by atoms with van der Waals surface area (Å²) in [5, 5.41) is 0. The summed E-state index contributed by atoms with van der Waals surface area (Å²) in [6, 6.07) is 14.7. The largest absolute Gasteiger partial charge is 0.474 e. The number of ether oxygens (including phenoxy) is 2. The van der Waals surface area contributed by atoms with E-state index in [4.69, 9.17) is 15.2 Å². The van der Waals surface area contributed by atoms with Crippen molar-refractivity contribution >= 4 is 23.0 Å². The number of ketones is 1. The Morgan fingerprint density at radius 2 is 2.09 bits per heavy atom. The van der Waals surface area contributed by atoms with Gasteiger partial charge < -0.3 is 25.1 Å². The van der Waals surface area contributed by atoms with Gasteiger partial charge in [-0.25, -0.2) is 9.98 Å². The van der Waals surface area contributed by atoms with Crippen LogP contribution in [0.15, 0.2) is 77.9 Å². The van der Waals surface area contributed by atoms with Crippen LogP contribution >= 0.6 is 0 Å². The first kappa shape index (κ1) is 23.3. The van der Waals surface area contributed by atoms with Gasteiger partial charge >= 0.3 is 0 Å². The minimum atomic E-state index is -0.206. The van der Waals surface area contributed by atoms with Gasteiger partial charge in [-0.15, -0.1) is 0 Å². The van der Waals surface area contributed by atoms with Crippen molar-refractivity contribution in [2.24, 2.45) is 10.7 Å². The summed E-state index contributed by atoms with van der Waals surface area (Å²) in [6.07, 6.45) is 6.30. The zero-order valence-electron chi connectivity index (χ0n) is 19.2. The van der Waals surface area contributed by atoms with Gasteiger partial charge in [0.2, 0.25) is 5.78 Å². The molecule has 1 aromatic heterocycles. The minimum absolute atomic E-state index is 0.0363. The van der Waals surface area contributed by atoms with E-state index in [1.54, 1.807) is 30.3 Å². The Morgan fingerprint density at radius 3 is 2.79 bits per heavy atom. The molecule has 1 aliphatic rings. The summed E-state index contributed by atoms with van der Waals surface area (Å²) in [5.74, 6) is 0.778. The molecular weight excluding hydrogens is 430 g/mol. The Bertz CT molecular complexity index is 1180. The molecule has 0 saturated carbocycles. The van der Waals surface area contributed by atoms with Crippen LogP contribution in [0.25, 0.3) is 11.0 Å². The molecule has 176 valence electrons. The minimum Gasteiger partial charge on any atom is -0.474 e. The predicted octanol–water partition coefficient (Wildman–Crippen LogP) is 4.02. The molecule has 0 amide bonds. The smallest absolute Gasteiger partial charge is 0.275 e. The van der Waals surface area contributed by atoms with Crippen LogP contribution in [0, 0.1) is 0 Å². The molecule has 8 nitrogen and oxygen atoms in total. The van der Waals surface area contributed by atoms with Gasteiger partial charge in [0.1, 0.15) is 5.75 Å². The number of nitrogens with zero attached hydrogens (tertiary/aromatic N) is 3. The fraction of sp³-hybridized carbons (Fsp3) is 0.269. The highest BCUT2D eigenvalue weighted by molar-refractivity contribution is 6.08. The quantitative estimate of drug-likeness (QED) is 0.270. The fourth-order valence-corrected chi connectivity index (χ4v) is 3.97. The summed E-state index contributed by atoms with van der Waals surface area (Å²) >= 11 is 0. The van der Waals surface area contributed by atoms with Crippen LogP contribution in [-0.2, 0) is 4.74 Å². The molecule has 1 aliphatic heterocycles. The molecule has 1 saturated heterocycles. The summed E-state index contributed by atoms with van der Waals surface area (Å²) < 4.78 is 11.6. The molecule has 3 aromatic rings. The van der Waals surface area contributed by atoms with Crippen molar-refractivity contribution < 1.29 is 14.3 Å². The highest BCUT2D eigenvalue weighted by Gasteiger charge is 2.21. The van der Waals surface area contributed by atoms with E-state index in [0.717, 1.165) is 24.0 Å². The molecule has 2 heterocycles. The second-order valence-electron chi connectivity index (χ2n) is 8.16. The van der Waals surface area contributed by atoms with Gasteiger partial charge in [0, 0.05) is 17.8 Å². The molecule has 0 spiro atoms. The fourth-order valence-electron chi connectivity index (χ4n) is 3.97. The van der Waals surface area contributed by atoms with Crippen LogP contribution in [0.4, 0.5) is 0 Å². The first-order valence-electron chi connectivity index (χ1n) is 11.3. The van der Waals surface area contributed by atoms with Crippen LogP contribution < -0.4 is 10.5 Å². The Balaban J connectivity index is 1.42. The van der Waals surface area contributed by atoms with Crippen molar-refractivity contribution in [1.82, 2.24) is 14.9 Å². The molecule has 1 fully saturated rings. The summed E-state index contributed by atoms with van der Waals surface area (Å²) in [5.41, 5.74) is 8.18. The summed E-state index contributed by atoms with van der Waals surface area (Å²) in [4.78, 5) is 26.8. The van der Waals surface area contributed by atoms with Gasteiger partial charge in [0.05, 0.1) is 17.6 Å². The molecule has 1 unspecified atom stereocenters. The lowest BCUT2D eigenvalue weighted by Gasteiger charge is -2.19. The average Bonchev–Trinajstić information content (AvgIpc) is 3.47. The topological polar surface area (TPSA) is 106 Å². The van der Waals surface area contributed by atoms with Gasteiger partial charge in [-0.1, -0.05) is 24.8 Å². The van der Waals surface area contributed by atoms with Gasteiger partial charge in [-0.05, 0) is 69.3 Å². The standard InChI is InChI=1S/C26H29N5O3/c1-3-15-28-26(33-17-14-19-7-6-16-31(19)2)24(27)34-20-12-10-18(11-13-20)23(32)25-29-21-8-4-5-9-22(21)30-25/h3-5,8-13,15,19H,1,6-7,14,16-17,27H2,2H3,(H,29,30)/b26-24-,28-15-. The van der Waals surface area contributed by atoms with Crippen LogP contribution in [0.1, 0.15) is 35.4 Å². The predicted molar refractivity (Wildman–Crippen MR) is 133 cm³/mol. The number of imidazole rings is 1. The van der Waals surface area contributed by atoms with E-state index in [0.29, 0.717) is 24.0 Å². The Labute approximate surface area is 198 Å². The number of carbonyl (C=O) groups is 1. The van der Waals surface area contributed by atoms with E-state index in [9.17, 15) is 4.79 Å². The van der Waals surface area contributed by atoms with Crippen molar-refractivity contribution in [1.29, 1.82) is 0 Å². The number of likely N-dealkylation sites (tertiary alicyclic amines) is 1. The molecule has 0 aliphatic carbocycles. The van der Waals surface area contributed by atoms with Gasteiger partial charge in [0.25, 0.3) is 11.8 Å². The second kappa shape index (κ2) is 10.8. The number of H-pyrrole nitrogens is 1. The first-order chi connectivity index (χ1) is 16.5. The SMILES string of the molecule is C=C/C=N\C(OCCC1CCCN1C)=C(/N)Oc1ccc(C(=O)c2nc3ccccc3[nH]2)cc1. The number of allylic oxidation sites excluding steroid dienone is 1. The number of benzene rings is 2. The van der Waals surface area contributed by atoms with E-state index in [1.807, 2.05) is 24.3 Å². The third-order valence-corrected chi connectivity index (χ3v) is 5.82. The number of aromatic nitrogens is 2. The molecule has 0 bridgehead atoms.